The first-order chi connectivity index (χ1) is 12.1. The topological polar surface area (TPSA) is 78.9 Å². The molecule has 0 saturated heterocycles. The molecule has 2 aromatic rings. The van der Waals surface area contributed by atoms with Crippen molar-refractivity contribution in [3.8, 4) is 5.75 Å². The highest BCUT2D eigenvalue weighted by Crippen LogP contribution is 2.26. The third-order valence-corrected chi connectivity index (χ3v) is 3.96. The van der Waals surface area contributed by atoms with Crippen molar-refractivity contribution in [2.75, 3.05) is 19.0 Å². The van der Waals surface area contributed by atoms with E-state index in [-0.39, 0.29) is 12.5 Å². The monoisotopic (exact) mass is 338 g/mol. The summed E-state index contributed by atoms with van der Waals surface area (Å²) in [5, 5.41) is 12.4. The van der Waals surface area contributed by atoms with Gasteiger partial charge in [-0.2, -0.15) is 0 Å². The van der Waals surface area contributed by atoms with E-state index in [9.17, 15) is 9.59 Å². The second-order valence-corrected chi connectivity index (χ2v) is 5.56. The first-order valence-corrected chi connectivity index (χ1v) is 7.79. The van der Waals surface area contributed by atoms with E-state index in [0.29, 0.717) is 17.0 Å². The second-order valence-electron chi connectivity index (χ2n) is 5.56. The van der Waals surface area contributed by atoms with Gasteiger partial charge >= 0.3 is 5.97 Å². The molecule has 1 unspecified atom stereocenters. The third kappa shape index (κ3) is 3.47. The first-order valence-electron chi connectivity index (χ1n) is 7.79. The van der Waals surface area contributed by atoms with Crippen molar-refractivity contribution in [2.24, 2.45) is 0 Å². The number of carbonyl (C=O) groups excluding carboxylic acids is 1. The number of para-hydroxylation sites is 2. The molecule has 0 radical (unpaired) electrons. The van der Waals surface area contributed by atoms with Crippen LogP contribution in [0, 0.1) is 0 Å². The molecular formula is C19H18N2O4. The van der Waals surface area contributed by atoms with Crippen molar-refractivity contribution in [2.45, 2.75) is 6.17 Å². The molecule has 25 heavy (non-hydrogen) atoms. The zero-order valence-electron chi connectivity index (χ0n) is 13.7. The molecule has 128 valence electrons. The number of carboxylic acid groups (broad SMARTS) is 1. The molecule has 1 heterocycles. The Morgan fingerprint density at radius 2 is 1.96 bits per heavy atom. The molecule has 0 aromatic heterocycles. The highest BCUT2D eigenvalue weighted by atomic mass is 16.5. The average Bonchev–Trinajstić information content (AvgIpc) is 2.62. The lowest BCUT2D eigenvalue weighted by Crippen LogP contribution is -2.49. The van der Waals surface area contributed by atoms with Gasteiger partial charge in [0.2, 0.25) is 0 Å². The van der Waals surface area contributed by atoms with Crippen LogP contribution in [0.1, 0.15) is 15.9 Å². The molecule has 1 amide bonds. The van der Waals surface area contributed by atoms with Gasteiger partial charge in [-0.15, -0.1) is 0 Å². The fourth-order valence-electron chi connectivity index (χ4n) is 2.78. The number of hydrogen-bond donors (Lipinski definition) is 2. The van der Waals surface area contributed by atoms with Crippen molar-refractivity contribution in [1.82, 2.24) is 4.90 Å². The Morgan fingerprint density at radius 3 is 2.72 bits per heavy atom. The molecule has 1 aliphatic rings. The smallest absolute Gasteiger partial charge is 0.323 e. The minimum absolute atomic E-state index is 0.313. The summed E-state index contributed by atoms with van der Waals surface area (Å²) >= 11 is 0. The normalized spacial score (nSPS) is 16.4. The van der Waals surface area contributed by atoms with E-state index in [2.05, 4.69) is 5.32 Å². The Bertz CT molecular complexity index is 832. The van der Waals surface area contributed by atoms with Gasteiger partial charge in [0, 0.05) is 11.3 Å². The van der Waals surface area contributed by atoms with Crippen LogP contribution in [0.2, 0.25) is 0 Å². The van der Waals surface area contributed by atoms with Crippen LogP contribution < -0.4 is 10.1 Å². The number of nitrogens with zero attached hydrogens (tertiary/aromatic N) is 1. The summed E-state index contributed by atoms with van der Waals surface area (Å²) in [6.07, 6.45) is 3.00. The van der Waals surface area contributed by atoms with Gasteiger partial charge in [-0.3, -0.25) is 9.59 Å². The maximum Gasteiger partial charge on any atom is 0.323 e. The number of hydrogen-bond acceptors (Lipinski definition) is 4. The van der Waals surface area contributed by atoms with E-state index in [1.54, 1.807) is 31.4 Å². The van der Waals surface area contributed by atoms with E-state index in [0.717, 1.165) is 5.56 Å². The van der Waals surface area contributed by atoms with Crippen LogP contribution in [0.15, 0.2) is 54.6 Å². The van der Waals surface area contributed by atoms with Gasteiger partial charge in [0.05, 0.1) is 12.7 Å². The maximum atomic E-state index is 12.7. The highest BCUT2D eigenvalue weighted by molar-refractivity contribution is 6.03. The summed E-state index contributed by atoms with van der Waals surface area (Å²) in [5.74, 6) is -0.678. The number of methoxy groups -OCH3 is 1. The van der Waals surface area contributed by atoms with Crippen LogP contribution in [0.25, 0.3) is 6.08 Å². The maximum absolute atomic E-state index is 12.7. The molecule has 0 spiro atoms. The molecule has 0 aliphatic carbocycles. The Morgan fingerprint density at radius 1 is 1.24 bits per heavy atom. The quantitative estimate of drug-likeness (QED) is 0.876. The van der Waals surface area contributed by atoms with E-state index in [4.69, 9.17) is 9.84 Å². The lowest BCUT2D eigenvalue weighted by molar-refractivity contribution is -0.138. The fraction of sp³-hybridized carbons (Fsp3) is 0.158. The Kier molecular flexibility index (Phi) is 4.70. The van der Waals surface area contributed by atoms with Crippen molar-refractivity contribution >= 4 is 23.6 Å². The van der Waals surface area contributed by atoms with Crippen LogP contribution in [-0.2, 0) is 4.79 Å². The van der Waals surface area contributed by atoms with Gasteiger partial charge in [-0.25, -0.2) is 0 Å². The number of benzene rings is 2. The van der Waals surface area contributed by atoms with E-state index < -0.39 is 12.1 Å². The molecule has 0 bridgehead atoms. The average molecular weight is 338 g/mol. The van der Waals surface area contributed by atoms with Crippen molar-refractivity contribution in [3.63, 3.8) is 0 Å². The number of rotatable bonds is 5. The minimum atomic E-state index is -1.06. The third-order valence-electron chi connectivity index (χ3n) is 3.96. The van der Waals surface area contributed by atoms with E-state index in [1.807, 2.05) is 36.4 Å². The summed E-state index contributed by atoms with van der Waals surface area (Å²) in [6.45, 7) is -0.388. The summed E-state index contributed by atoms with van der Waals surface area (Å²) in [4.78, 5) is 25.1. The number of carboxylic acids is 1. The van der Waals surface area contributed by atoms with Gasteiger partial charge in [0.1, 0.15) is 18.5 Å². The molecular weight excluding hydrogens is 320 g/mol. The van der Waals surface area contributed by atoms with Crippen LogP contribution in [0.5, 0.6) is 5.75 Å². The van der Waals surface area contributed by atoms with Crippen molar-refractivity contribution in [1.29, 1.82) is 0 Å². The molecule has 0 saturated carbocycles. The highest BCUT2D eigenvalue weighted by Gasteiger charge is 2.31. The molecule has 2 N–H and O–H groups in total. The zero-order chi connectivity index (χ0) is 17.8. The first kappa shape index (κ1) is 16.6. The second kappa shape index (κ2) is 7.09. The minimum Gasteiger partial charge on any atom is -0.496 e. The van der Waals surface area contributed by atoms with E-state index >= 15 is 0 Å². The molecule has 6 nitrogen and oxygen atoms in total. The molecule has 1 atom stereocenters. The van der Waals surface area contributed by atoms with Gasteiger partial charge in [-0.1, -0.05) is 36.4 Å². The predicted molar refractivity (Wildman–Crippen MR) is 94.6 cm³/mol. The van der Waals surface area contributed by atoms with Crippen LogP contribution in [0.3, 0.4) is 0 Å². The Hall–Kier alpha value is -3.28. The molecule has 1 aliphatic heterocycles. The number of anilines is 1. The van der Waals surface area contributed by atoms with Crippen LogP contribution in [-0.4, -0.2) is 41.7 Å². The van der Waals surface area contributed by atoms with Crippen molar-refractivity contribution < 1.29 is 19.4 Å². The van der Waals surface area contributed by atoms with Gasteiger partial charge in [-0.05, 0) is 24.3 Å². The standard InChI is InChI=1S/C19H18N2O4/c1-25-16-9-5-2-6-13(16)10-11-17-20-15-8-4-3-7-14(15)19(24)21(17)12-18(22)23/h2-11,17,20H,12H2,1H3,(H,22,23)/b11-10+. The van der Waals surface area contributed by atoms with Crippen LogP contribution in [0.4, 0.5) is 5.69 Å². The van der Waals surface area contributed by atoms with Gasteiger partial charge in [0.25, 0.3) is 5.91 Å². The molecule has 2 aromatic carbocycles. The lowest BCUT2D eigenvalue weighted by Gasteiger charge is -2.35. The number of ether oxygens (including phenoxy) is 1. The van der Waals surface area contributed by atoms with E-state index in [1.165, 1.54) is 4.90 Å². The number of fused-ring (bicyclic) bond motifs is 1. The molecule has 0 fully saturated rings. The molecule has 6 heteroatoms. The Labute approximate surface area is 145 Å². The summed E-state index contributed by atoms with van der Waals surface area (Å²) < 4.78 is 5.31. The number of nitrogens with one attached hydrogen (secondary N) is 1. The van der Waals surface area contributed by atoms with Gasteiger partial charge < -0.3 is 20.1 Å². The number of aliphatic carboxylic acids is 1. The summed E-state index contributed by atoms with van der Waals surface area (Å²) in [5.41, 5.74) is 1.99. The van der Waals surface area contributed by atoms with Gasteiger partial charge in [0.15, 0.2) is 0 Å². The SMILES string of the molecule is COc1ccccc1/C=C/C1Nc2ccccc2C(=O)N1CC(=O)O. The van der Waals surface area contributed by atoms with Crippen LogP contribution >= 0.6 is 0 Å². The number of amides is 1. The largest absolute Gasteiger partial charge is 0.496 e. The predicted octanol–water partition coefficient (Wildman–Crippen LogP) is 2.69. The zero-order valence-corrected chi connectivity index (χ0v) is 13.7. The lowest BCUT2D eigenvalue weighted by atomic mass is 10.1. The fourth-order valence-corrected chi connectivity index (χ4v) is 2.78. The number of carbonyl (C=O) groups is 2. The Balaban J connectivity index is 1.93. The summed E-state index contributed by atoms with van der Waals surface area (Å²) in [6, 6.07) is 14.5. The van der Waals surface area contributed by atoms with Crippen molar-refractivity contribution in [3.05, 3.63) is 65.7 Å². The summed E-state index contributed by atoms with van der Waals surface area (Å²) in [7, 11) is 1.59. The molecule has 3 rings (SSSR count).